The monoisotopic (exact) mass is 498 g/mol. The maximum absolute atomic E-state index is 13.4. The summed E-state index contributed by atoms with van der Waals surface area (Å²) in [6, 6.07) is 12.4. The van der Waals surface area contributed by atoms with Gasteiger partial charge in [-0.25, -0.2) is 4.79 Å². The van der Waals surface area contributed by atoms with Gasteiger partial charge in [-0.05, 0) is 58.6 Å². The van der Waals surface area contributed by atoms with E-state index in [1.165, 1.54) is 24.3 Å². The van der Waals surface area contributed by atoms with E-state index >= 15 is 0 Å². The number of carbonyl (C=O) groups is 3. The minimum atomic E-state index is -1.00. The molecule has 0 fully saturated rings. The zero-order valence-corrected chi connectivity index (χ0v) is 21.4. The second-order valence-electron chi connectivity index (χ2n) is 9.64. The molecule has 9 heteroatoms. The van der Waals surface area contributed by atoms with Gasteiger partial charge >= 0.3 is 12.1 Å². The Bertz CT molecular complexity index is 1060. The summed E-state index contributed by atoms with van der Waals surface area (Å²) in [6.07, 6.45) is -0.535. The Morgan fingerprint density at radius 3 is 2.06 bits per heavy atom. The lowest BCUT2D eigenvalue weighted by atomic mass is 9.90. The first kappa shape index (κ1) is 28.5. The van der Waals surface area contributed by atoms with Gasteiger partial charge in [-0.2, -0.15) is 0 Å². The summed E-state index contributed by atoms with van der Waals surface area (Å²) < 4.78 is 10.5. The van der Waals surface area contributed by atoms with E-state index in [0.717, 1.165) is 11.1 Å². The number of ether oxygens (including phenoxy) is 2. The molecule has 0 spiro atoms. The topological polar surface area (TPSA) is 125 Å². The van der Waals surface area contributed by atoms with Crippen molar-refractivity contribution in [1.82, 2.24) is 5.32 Å². The van der Waals surface area contributed by atoms with Crippen molar-refractivity contribution < 1.29 is 28.8 Å². The molecule has 2 rings (SSSR count). The highest BCUT2D eigenvalue weighted by atomic mass is 16.6. The SMILES string of the molecule is CCOC(=O)[C@@H](CC(=O)[C@H](Cc1ccc([N+](=O)[O-])cc1)NC(=O)OC(C)(C)C)Cc1ccc(C)cc1. The number of Topliss-reactive ketones (excluding diaryl/α,β-unsaturated/α-hetero) is 1. The summed E-state index contributed by atoms with van der Waals surface area (Å²) in [6.45, 7) is 8.96. The van der Waals surface area contributed by atoms with Crippen molar-refractivity contribution in [3.8, 4) is 0 Å². The molecular formula is C27H34N2O7. The molecule has 0 saturated carbocycles. The zero-order valence-electron chi connectivity index (χ0n) is 21.4. The Morgan fingerprint density at radius 1 is 0.972 bits per heavy atom. The van der Waals surface area contributed by atoms with E-state index in [1.807, 2.05) is 31.2 Å². The Hall–Kier alpha value is -3.75. The molecule has 0 aliphatic rings. The lowest BCUT2D eigenvalue weighted by molar-refractivity contribution is -0.384. The van der Waals surface area contributed by atoms with Crippen LogP contribution >= 0.6 is 0 Å². The van der Waals surface area contributed by atoms with Gasteiger partial charge in [-0.3, -0.25) is 19.7 Å². The predicted octanol–water partition coefficient (Wildman–Crippen LogP) is 4.72. The molecule has 194 valence electrons. The summed E-state index contributed by atoms with van der Waals surface area (Å²) in [5.74, 6) is -1.60. The number of hydrogen-bond donors (Lipinski definition) is 1. The maximum atomic E-state index is 13.4. The second kappa shape index (κ2) is 12.8. The standard InChI is InChI=1S/C27H34N2O7/c1-6-35-25(31)21(15-19-9-7-18(2)8-10-19)17-24(30)23(28-26(32)36-27(3,4)5)16-20-11-13-22(14-12-20)29(33)34/h7-14,21,23H,6,15-17H2,1-5H3,(H,28,32)/t21-,23+/m1/s1. The van der Waals surface area contributed by atoms with E-state index in [1.54, 1.807) is 27.7 Å². The average Bonchev–Trinajstić information content (AvgIpc) is 2.78. The number of ketones is 1. The quantitative estimate of drug-likeness (QED) is 0.270. The van der Waals surface area contributed by atoms with Crippen molar-refractivity contribution in [1.29, 1.82) is 0 Å². The van der Waals surface area contributed by atoms with Crippen LogP contribution in [0.15, 0.2) is 48.5 Å². The van der Waals surface area contributed by atoms with Crippen LogP contribution in [0.1, 0.15) is 50.8 Å². The lowest BCUT2D eigenvalue weighted by Crippen LogP contribution is -2.45. The van der Waals surface area contributed by atoms with Gasteiger partial charge in [0.25, 0.3) is 5.69 Å². The average molecular weight is 499 g/mol. The van der Waals surface area contributed by atoms with Gasteiger partial charge in [0.2, 0.25) is 0 Å². The summed E-state index contributed by atoms with van der Waals surface area (Å²) >= 11 is 0. The van der Waals surface area contributed by atoms with E-state index in [-0.39, 0.29) is 30.9 Å². The first-order valence-electron chi connectivity index (χ1n) is 11.9. The highest BCUT2D eigenvalue weighted by Gasteiger charge is 2.30. The fraction of sp³-hybridized carbons (Fsp3) is 0.444. The Kier molecular flexibility index (Phi) is 10.1. The first-order valence-corrected chi connectivity index (χ1v) is 11.9. The zero-order chi connectivity index (χ0) is 26.9. The maximum Gasteiger partial charge on any atom is 0.408 e. The Morgan fingerprint density at radius 2 is 1.53 bits per heavy atom. The number of amides is 1. The van der Waals surface area contributed by atoms with Crippen molar-refractivity contribution in [2.24, 2.45) is 5.92 Å². The highest BCUT2D eigenvalue weighted by Crippen LogP contribution is 2.19. The molecule has 36 heavy (non-hydrogen) atoms. The van der Waals surface area contributed by atoms with Crippen LogP contribution in [0.4, 0.5) is 10.5 Å². The van der Waals surface area contributed by atoms with Crippen molar-refractivity contribution >= 4 is 23.5 Å². The van der Waals surface area contributed by atoms with Crippen LogP contribution in [-0.2, 0) is 31.9 Å². The van der Waals surface area contributed by atoms with Crippen molar-refractivity contribution in [2.45, 2.75) is 65.5 Å². The number of nitro benzene ring substituents is 1. The molecule has 0 bridgehead atoms. The van der Waals surface area contributed by atoms with Gasteiger partial charge in [0, 0.05) is 18.6 Å². The summed E-state index contributed by atoms with van der Waals surface area (Å²) in [4.78, 5) is 49.0. The third-order valence-electron chi connectivity index (χ3n) is 5.34. The van der Waals surface area contributed by atoms with Crippen LogP contribution in [0.3, 0.4) is 0 Å². The van der Waals surface area contributed by atoms with Crippen LogP contribution in [0.5, 0.6) is 0 Å². The van der Waals surface area contributed by atoms with Gasteiger partial charge in [-0.15, -0.1) is 0 Å². The second-order valence-corrected chi connectivity index (χ2v) is 9.64. The first-order chi connectivity index (χ1) is 16.9. The highest BCUT2D eigenvalue weighted by molar-refractivity contribution is 5.91. The van der Waals surface area contributed by atoms with E-state index < -0.39 is 34.5 Å². The summed E-state index contributed by atoms with van der Waals surface area (Å²) in [5.41, 5.74) is 1.72. The van der Waals surface area contributed by atoms with Crippen LogP contribution in [0.25, 0.3) is 0 Å². The minimum absolute atomic E-state index is 0.0795. The van der Waals surface area contributed by atoms with E-state index in [0.29, 0.717) is 12.0 Å². The number of non-ortho nitro benzene ring substituents is 1. The fourth-order valence-corrected chi connectivity index (χ4v) is 3.58. The third kappa shape index (κ3) is 9.48. The van der Waals surface area contributed by atoms with E-state index in [2.05, 4.69) is 5.32 Å². The molecule has 1 N–H and O–H groups in total. The molecule has 1 amide bonds. The van der Waals surface area contributed by atoms with Crippen LogP contribution < -0.4 is 5.32 Å². The summed E-state index contributed by atoms with van der Waals surface area (Å²) in [7, 11) is 0. The Labute approximate surface area is 211 Å². The van der Waals surface area contributed by atoms with Crippen LogP contribution in [0.2, 0.25) is 0 Å². The number of nitrogens with zero attached hydrogens (tertiary/aromatic N) is 1. The molecular weight excluding hydrogens is 464 g/mol. The number of carbonyl (C=O) groups excluding carboxylic acids is 3. The van der Waals surface area contributed by atoms with Crippen LogP contribution in [-0.4, -0.2) is 41.0 Å². The molecule has 2 aromatic carbocycles. The molecule has 0 aliphatic heterocycles. The van der Waals surface area contributed by atoms with Crippen LogP contribution in [0, 0.1) is 23.0 Å². The van der Waals surface area contributed by atoms with Gasteiger partial charge in [0.1, 0.15) is 5.60 Å². The fourth-order valence-electron chi connectivity index (χ4n) is 3.58. The van der Waals surface area contributed by atoms with Crippen molar-refractivity contribution in [3.63, 3.8) is 0 Å². The Balaban J connectivity index is 2.26. The van der Waals surface area contributed by atoms with Gasteiger partial charge < -0.3 is 14.8 Å². The smallest absolute Gasteiger partial charge is 0.408 e. The number of aryl methyl sites for hydroxylation is 1. The summed E-state index contributed by atoms with van der Waals surface area (Å²) in [5, 5.41) is 13.6. The normalized spacial score (nSPS) is 12.8. The molecule has 0 radical (unpaired) electrons. The number of alkyl carbamates (subject to hydrolysis) is 1. The molecule has 0 heterocycles. The third-order valence-corrected chi connectivity index (χ3v) is 5.34. The molecule has 2 atom stereocenters. The van der Waals surface area contributed by atoms with Gasteiger partial charge in [0.05, 0.1) is 23.5 Å². The lowest BCUT2D eigenvalue weighted by Gasteiger charge is -2.24. The number of nitro groups is 1. The number of hydrogen-bond acceptors (Lipinski definition) is 7. The van der Waals surface area contributed by atoms with E-state index in [9.17, 15) is 24.5 Å². The number of rotatable bonds is 11. The number of esters is 1. The number of nitrogens with one attached hydrogen (secondary N) is 1. The number of benzene rings is 2. The van der Waals surface area contributed by atoms with E-state index in [4.69, 9.17) is 9.47 Å². The molecule has 2 aromatic rings. The molecule has 0 unspecified atom stereocenters. The molecule has 0 aliphatic carbocycles. The van der Waals surface area contributed by atoms with Gasteiger partial charge in [0.15, 0.2) is 5.78 Å². The molecule has 0 saturated heterocycles. The predicted molar refractivity (Wildman–Crippen MR) is 135 cm³/mol. The molecule has 0 aromatic heterocycles. The van der Waals surface area contributed by atoms with Gasteiger partial charge in [-0.1, -0.05) is 42.0 Å². The van der Waals surface area contributed by atoms with Crippen molar-refractivity contribution in [2.75, 3.05) is 6.61 Å². The van der Waals surface area contributed by atoms with Crippen molar-refractivity contribution in [3.05, 3.63) is 75.3 Å². The largest absolute Gasteiger partial charge is 0.466 e. The minimum Gasteiger partial charge on any atom is -0.466 e. The molecule has 9 nitrogen and oxygen atoms in total.